The van der Waals surface area contributed by atoms with E-state index in [9.17, 15) is 9.59 Å². The molecule has 1 N–H and O–H groups in total. The summed E-state index contributed by atoms with van der Waals surface area (Å²) in [7, 11) is 0. The number of unbranched alkanes of at least 4 members (excludes halogenated alkanes) is 4. The molecule has 0 heterocycles. The Labute approximate surface area is 237 Å². The van der Waals surface area contributed by atoms with Crippen LogP contribution in [0.25, 0.3) is 0 Å². The molecule has 3 rings (SSSR count). The minimum Gasteiger partial charge on any atom is -0.492 e. The molecule has 0 radical (unpaired) electrons. The van der Waals surface area contributed by atoms with Crippen LogP contribution in [-0.4, -0.2) is 25.2 Å². The van der Waals surface area contributed by atoms with E-state index in [0.29, 0.717) is 36.8 Å². The molecule has 0 atom stereocenters. The molecule has 3 aromatic carbocycles. The molecule has 0 saturated carbocycles. The van der Waals surface area contributed by atoms with Gasteiger partial charge in [0.05, 0.1) is 12.3 Å². The number of anilines is 2. The first-order valence-electron chi connectivity index (χ1n) is 13.9. The second-order valence-electron chi connectivity index (χ2n) is 9.22. The predicted octanol–water partition coefficient (Wildman–Crippen LogP) is 8.95. The fourth-order valence-corrected chi connectivity index (χ4v) is 4.94. The molecular formula is C32H40N2O4S. The third-order valence-electron chi connectivity index (χ3n) is 6.03. The summed E-state index contributed by atoms with van der Waals surface area (Å²) >= 11 is 1.60. The van der Waals surface area contributed by atoms with Crippen LogP contribution in [-0.2, 0) is 4.79 Å². The first-order chi connectivity index (χ1) is 19.0. The van der Waals surface area contributed by atoms with Crippen molar-refractivity contribution in [1.29, 1.82) is 0 Å². The molecule has 0 fully saturated rings. The fourth-order valence-electron chi connectivity index (χ4n) is 4.07. The minimum absolute atomic E-state index is 0.182. The Hall–Kier alpha value is -3.45. The second-order valence-corrected chi connectivity index (χ2v) is 10.4. The van der Waals surface area contributed by atoms with Crippen LogP contribution in [0.15, 0.2) is 82.6 Å². The van der Waals surface area contributed by atoms with E-state index in [1.54, 1.807) is 11.8 Å². The minimum atomic E-state index is -0.220. The highest BCUT2D eigenvalue weighted by atomic mass is 32.2. The van der Waals surface area contributed by atoms with Crippen LogP contribution < -0.4 is 19.7 Å². The van der Waals surface area contributed by atoms with Crippen molar-refractivity contribution in [3.05, 3.63) is 72.8 Å². The number of para-hydroxylation sites is 2. The third-order valence-corrected chi connectivity index (χ3v) is 7.03. The van der Waals surface area contributed by atoms with Crippen LogP contribution in [0.2, 0.25) is 0 Å². The van der Waals surface area contributed by atoms with Gasteiger partial charge in [0, 0.05) is 28.4 Å². The summed E-state index contributed by atoms with van der Waals surface area (Å²) in [6.07, 6.45) is 6.72. The third kappa shape index (κ3) is 9.98. The lowest BCUT2D eigenvalue weighted by molar-refractivity contribution is -0.134. The maximum atomic E-state index is 13.5. The number of nitrogens with zero attached hydrogens (tertiary/aromatic N) is 1. The zero-order valence-electron chi connectivity index (χ0n) is 23.3. The van der Waals surface area contributed by atoms with E-state index in [0.717, 1.165) is 34.7 Å². The molecule has 0 aromatic heterocycles. The van der Waals surface area contributed by atoms with Crippen LogP contribution in [0.3, 0.4) is 0 Å². The molecule has 0 aliphatic rings. The number of carbonyl (C=O) groups excluding carboxylic acids is 2. The lowest BCUT2D eigenvalue weighted by Gasteiger charge is -2.24. The van der Waals surface area contributed by atoms with Crippen molar-refractivity contribution in [3.8, 4) is 11.5 Å². The molecule has 3 aromatic rings. The van der Waals surface area contributed by atoms with Gasteiger partial charge >= 0.3 is 12.0 Å². The van der Waals surface area contributed by atoms with Gasteiger partial charge in [0.15, 0.2) is 0 Å². The largest absolute Gasteiger partial charge is 0.492 e. The van der Waals surface area contributed by atoms with Crippen molar-refractivity contribution in [2.75, 3.05) is 23.4 Å². The zero-order chi connectivity index (χ0) is 27.9. The van der Waals surface area contributed by atoms with Crippen molar-refractivity contribution in [3.63, 3.8) is 0 Å². The SMILES string of the molecule is CCCCCCCN(C(=O)Nc1ccccc1OCC)c1cccc(Sc2ccc(OC(=O)CCC)cc2)c1. The molecule has 7 heteroatoms. The van der Waals surface area contributed by atoms with Gasteiger partial charge in [-0.2, -0.15) is 0 Å². The van der Waals surface area contributed by atoms with Gasteiger partial charge in [-0.25, -0.2) is 4.79 Å². The molecule has 0 aliphatic heterocycles. The number of carbonyl (C=O) groups is 2. The summed E-state index contributed by atoms with van der Waals surface area (Å²) in [5, 5.41) is 3.06. The van der Waals surface area contributed by atoms with Gasteiger partial charge in [-0.05, 0) is 74.4 Å². The van der Waals surface area contributed by atoms with Gasteiger partial charge in [0.25, 0.3) is 0 Å². The second kappa shape index (κ2) is 16.5. The maximum absolute atomic E-state index is 13.5. The Balaban J connectivity index is 1.75. The summed E-state index contributed by atoms with van der Waals surface area (Å²) in [4.78, 5) is 29.2. The summed E-state index contributed by atoms with van der Waals surface area (Å²) < 4.78 is 11.1. The van der Waals surface area contributed by atoms with Crippen molar-refractivity contribution in [1.82, 2.24) is 0 Å². The monoisotopic (exact) mass is 548 g/mol. The smallest absolute Gasteiger partial charge is 0.326 e. The van der Waals surface area contributed by atoms with Gasteiger partial charge in [-0.1, -0.05) is 69.5 Å². The average Bonchev–Trinajstić information content (AvgIpc) is 2.93. The molecule has 0 unspecified atom stereocenters. The molecule has 39 heavy (non-hydrogen) atoms. The Morgan fingerprint density at radius 3 is 2.33 bits per heavy atom. The fraction of sp³-hybridized carbons (Fsp3) is 0.375. The highest BCUT2D eigenvalue weighted by Crippen LogP contribution is 2.32. The Morgan fingerprint density at radius 1 is 0.821 bits per heavy atom. The number of nitrogens with one attached hydrogen (secondary N) is 1. The number of esters is 1. The standard InChI is InChI=1S/C32H40N2O4S/c1-4-7-8-9-12-23-34(32(36)33-29-17-10-11-18-30(29)37-6-3)25-15-13-16-28(24-25)39-27-21-19-26(20-22-27)38-31(35)14-5-2/h10-11,13,15-22,24H,4-9,12,14,23H2,1-3H3,(H,33,36). The lowest BCUT2D eigenvalue weighted by atomic mass is 10.1. The number of hydrogen-bond acceptors (Lipinski definition) is 5. The van der Waals surface area contributed by atoms with Crippen LogP contribution in [0.5, 0.6) is 11.5 Å². The van der Waals surface area contributed by atoms with Gasteiger partial charge in [0.1, 0.15) is 11.5 Å². The first-order valence-corrected chi connectivity index (χ1v) is 14.7. The quantitative estimate of drug-likeness (QED) is 0.117. The number of amides is 2. The molecule has 208 valence electrons. The number of benzene rings is 3. The van der Waals surface area contributed by atoms with Crippen LogP contribution in [0.1, 0.15) is 65.7 Å². The van der Waals surface area contributed by atoms with Gasteiger partial charge in [0.2, 0.25) is 0 Å². The van der Waals surface area contributed by atoms with Crippen LogP contribution in [0, 0.1) is 0 Å². The first kappa shape index (κ1) is 30.1. The number of ether oxygens (including phenoxy) is 2. The van der Waals surface area contributed by atoms with Crippen molar-refractivity contribution >= 4 is 35.1 Å². The maximum Gasteiger partial charge on any atom is 0.326 e. The highest BCUT2D eigenvalue weighted by Gasteiger charge is 2.18. The van der Waals surface area contributed by atoms with E-state index in [-0.39, 0.29) is 12.0 Å². The van der Waals surface area contributed by atoms with Gasteiger partial charge in [-0.15, -0.1) is 0 Å². The van der Waals surface area contributed by atoms with Crippen molar-refractivity contribution in [2.45, 2.75) is 75.5 Å². The van der Waals surface area contributed by atoms with E-state index in [2.05, 4.69) is 12.2 Å². The van der Waals surface area contributed by atoms with Gasteiger partial charge in [-0.3, -0.25) is 9.69 Å². The Kier molecular flexibility index (Phi) is 12.7. The molecule has 6 nitrogen and oxygen atoms in total. The van der Waals surface area contributed by atoms with E-state index in [1.807, 2.05) is 91.5 Å². The molecule has 0 spiro atoms. The van der Waals surface area contributed by atoms with E-state index >= 15 is 0 Å². The summed E-state index contributed by atoms with van der Waals surface area (Å²) in [5.41, 5.74) is 1.50. The normalized spacial score (nSPS) is 10.6. The van der Waals surface area contributed by atoms with E-state index in [4.69, 9.17) is 9.47 Å². The molecular weight excluding hydrogens is 508 g/mol. The molecule has 0 aliphatic carbocycles. The summed E-state index contributed by atoms with van der Waals surface area (Å²) in [6, 6.07) is 22.8. The molecule has 0 saturated heterocycles. The van der Waals surface area contributed by atoms with E-state index in [1.165, 1.54) is 19.3 Å². The van der Waals surface area contributed by atoms with Gasteiger partial charge < -0.3 is 14.8 Å². The molecule has 2 amide bonds. The van der Waals surface area contributed by atoms with Crippen LogP contribution >= 0.6 is 11.8 Å². The number of hydrogen-bond donors (Lipinski definition) is 1. The average molecular weight is 549 g/mol. The molecule has 0 bridgehead atoms. The Morgan fingerprint density at radius 2 is 1.59 bits per heavy atom. The Bertz CT molecular complexity index is 1180. The van der Waals surface area contributed by atoms with Crippen LogP contribution in [0.4, 0.5) is 16.2 Å². The summed E-state index contributed by atoms with van der Waals surface area (Å²) in [5.74, 6) is 0.983. The zero-order valence-corrected chi connectivity index (χ0v) is 24.1. The predicted molar refractivity (Wildman–Crippen MR) is 160 cm³/mol. The topological polar surface area (TPSA) is 67.9 Å². The van der Waals surface area contributed by atoms with Crippen molar-refractivity contribution in [2.24, 2.45) is 0 Å². The number of urea groups is 1. The number of rotatable bonds is 15. The van der Waals surface area contributed by atoms with E-state index < -0.39 is 0 Å². The highest BCUT2D eigenvalue weighted by molar-refractivity contribution is 7.99. The van der Waals surface area contributed by atoms with Crippen molar-refractivity contribution < 1.29 is 19.1 Å². The lowest BCUT2D eigenvalue weighted by Crippen LogP contribution is -2.36. The summed E-state index contributed by atoms with van der Waals surface area (Å²) in [6.45, 7) is 7.22.